The maximum atomic E-state index is 14.0. The number of nitrogens with zero attached hydrogens (tertiary/aromatic N) is 3. The largest absolute Gasteiger partial charge is 0.266 e. The summed E-state index contributed by atoms with van der Waals surface area (Å²) in [4.78, 5) is 4.47. The summed E-state index contributed by atoms with van der Waals surface area (Å²) in [5, 5.41) is 4.46. The van der Waals surface area contributed by atoms with Crippen molar-refractivity contribution in [2.75, 3.05) is 0 Å². The second-order valence-corrected chi connectivity index (χ2v) is 6.03. The number of benzene rings is 2. The normalized spacial score (nSPS) is 12.6. The zero-order chi connectivity index (χ0) is 18.8. The Kier molecular flexibility index (Phi) is 5.06. The van der Waals surface area contributed by atoms with E-state index in [-0.39, 0.29) is 5.92 Å². The molecule has 3 rings (SSSR count). The van der Waals surface area contributed by atoms with E-state index in [9.17, 15) is 17.6 Å². The van der Waals surface area contributed by atoms with Crippen LogP contribution in [0.5, 0.6) is 0 Å². The Morgan fingerprint density at radius 2 is 1.73 bits per heavy atom. The van der Waals surface area contributed by atoms with Crippen molar-refractivity contribution in [3.8, 4) is 17.1 Å². The van der Waals surface area contributed by atoms with Crippen molar-refractivity contribution in [3.63, 3.8) is 0 Å². The van der Waals surface area contributed by atoms with Gasteiger partial charge in [0.25, 0.3) is 6.43 Å². The van der Waals surface area contributed by atoms with E-state index < -0.39 is 23.6 Å². The van der Waals surface area contributed by atoms with E-state index in [0.717, 1.165) is 18.6 Å². The van der Waals surface area contributed by atoms with E-state index in [2.05, 4.69) is 10.1 Å². The van der Waals surface area contributed by atoms with Crippen LogP contribution in [0, 0.1) is 11.6 Å². The molecule has 0 saturated carbocycles. The molecule has 0 aliphatic heterocycles. The average molecular weight is 363 g/mol. The van der Waals surface area contributed by atoms with Crippen LogP contribution in [0.2, 0.25) is 0 Å². The van der Waals surface area contributed by atoms with Crippen molar-refractivity contribution >= 4 is 0 Å². The minimum Gasteiger partial charge on any atom is -0.213 e. The van der Waals surface area contributed by atoms with Crippen molar-refractivity contribution in [1.82, 2.24) is 14.8 Å². The molecule has 136 valence electrons. The van der Waals surface area contributed by atoms with Crippen LogP contribution in [0.3, 0.4) is 0 Å². The topological polar surface area (TPSA) is 30.7 Å². The quantitative estimate of drug-likeness (QED) is 0.547. The molecular formula is C19H17F4N3. The molecule has 0 bridgehead atoms. The molecule has 1 atom stereocenters. The molecule has 0 N–H and O–H groups in total. The first-order chi connectivity index (χ1) is 12.4. The number of hydrogen-bond acceptors (Lipinski definition) is 2. The molecule has 7 heteroatoms. The van der Waals surface area contributed by atoms with Crippen molar-refractivity contribution in [2.24, 2.45) is 0 Å². The first-order valence-corrected chi connectivity index (χ1v) is 8.21. The second-order valence-electron chi connectivity index (χ2n) is 6.03. The summed E-state index contributed by atoms with van der Waals surface area (Å²) < 4.78 is 54.3. The molecule has 1 heterocycles. The van der Waals surface area contributed by atoms with Crippen LogP contribution in [0.1, 0.15) is 44.0 Å². The van der Waals surface area contributed by atoms with Crippen LogP contribution >= 0.6 is 0 Å². The lowest BCUT2D eigenvalue weighted by atomic mass is 10.1. The minimum absolute atomic E-state index is 0.0561. The molecule has 0 spiro atoms. The van der Waals surface area contributed by atoms with Gasteiger partial charge >= 0.3 is 0 Å². The Bertz CT molecular complexity index is 904. The Morgan fingerprint density at radius 3 is 2.31 bits per heavy atom. The van der Waals surface area contributed by atoms with Crippen LogP contribution in [0.15, 0.2) is 42.5 Å². The molecule has 3 aromatic rings. The molecule has 3 nitrogen and oxygen atoms in total. The van der Waals surface area contributed by atoms with Crippen molar-refractivity contribution < 1.29 is 17.6 Å². The summed E-state index contributed by atoms with van der Waals surface area (Å²) >= 11 is 0. The predicted octanol–water partition coefficient (Wildman–Crippen LogP) is 5.66. The average Bonchev–Trinajstić information content (AvgIpc) is 3.06. The zero-order valence-electron chi connectivity index (χ0n) is 14.3. The van der Waals surface area contributed by atoms with Crippen molar-refractivity contribution in [2.45, 2.75) is 32.6 Å². The van der Waals surface area contributed by atoms with Gasteiger partial charge in [-0.15, -0.1) is 0 Å². The lowest BCUT2D eigenvalue weighted by Gasteiger charge is -2.08. The fraction of sp³-hybridized carbons (Fsp3) is 0.263. The third-order valence-corrected chi connectivity index (χ3v) is 4.24. The van der Waals surface area contributed by atoms with E-state index in [1.165, 1.54) is 35.0 Å². The van der Waals surface area contributed by atoms with Gasteiger partial charge in [-0.05, 0) is 42.8 Å². The van der Waals surface area contributed by atoms with Gasteiger partial charge in [-0.1, -0.05) is 19.9 Å². The van der Waals surface area contributed by atoms with Gasteiger partial charge in [0, 0.05) is 11.5 Å². The van der Waals surface area contributed by atoms with Gasteiger partial charge in [0.15, 0.2) is 11.6 Å². The Balaban J connectivity index is 2.14. The summed E-state index contributed by atoms with van der Waals surface area (Å²) in [5.74, 6) is -0.487. The van der Waals surface area contributed by atoms with Crippen molar-refractivity contribution in [3.05, 3.63) is 65.5 Å². The monoisotopic (exact) mass is 363 g/mol. The third kappa shape index (κ3) is 3.47. The molecule has 0 saturated heterocycles. The third-order valence-electron chi connectivity index (χ3n) is 4.24. The second kappa shape index (κ2) is 7.27. The molecule has 2 aromatic carbocycles. The highest BCUT2D eigenvalue weighted by Gasteiger charge is 2.20. The van der Waals surface area contributed by atoms with Gasteiger partial charge in [0.1, 0.15) is 11.6 Å². The highest BCUT2D eigenvalue weighted by Crippen LogP contribution is 2.29. The summed E-state index contributed by atoms with van der Waals surface area (Å²) in [6.07, 6.45) is -2.10. The van der Waals surface area contributed by atoms with Crippen LogP contribution in [-0.2, 0) is 0 Å². The molecule has 0 aliphatic carbocycles. The molecule has 0 aliphatic rings. The van der Waals surface area contributed by atoms with Crippen LogP contribution in [0.4, 0.5) is 17.6 Å². The number of alkyl halides is 2. The van der Waals surface area contributed by atoms with Crippen LogP contribution in [-0.4, -0.2) is 14.8 Å². The molecule has 0 amide bonds. The van der Waals surface area contributed by atoms with E-state index in [1.807, 2.05) is 13.8 Å². The van der Waals surface area contributed by atoms with E-state index in [4.69, 9.17) is 0 Å². The molecule has 26 heavy (non-hydrogen) atoms. The van der Waals surface area contributed by atoms with Gasteiger partial charge in [-0.3, -0.25) is 0 Å². The summed E-state index contributed by atoms with van der Waals surface area (Å²) in [5.41, 5.74) is 0.198. The summed E-state index contributed by atoms with van der Waals surface area (Å²) in [6.45, 7) is 3.94. The minimum atomic E-state index is -2.89. The standard InChI is InChI=1S/C19H17F4N3/c1-3-11(2)18-24-19(12-4-9-15(17(22)23)16(21)10-12)26(25-18)14-7-5-13(20)6-8-14/h4-11,17H,3H2,1-2H3. The maximum Gasteiger partial charge on any atom is 0.266 e. The smallest absolute Gasteiger partial charge is 0.213 e. The van der Waals surface area contributed by atoms with Crippen molar-refractivity contribution in [1.29, 1.82) is 0 Å². The molecule has 0 radical (unpaired) electrons. The van der Waals surface area contributed by atoms with Gasteiger partial charge < -0.3 is 0 Å². The molecule has 1 aromatic heterocycles. The molecule has 1 unspecified atom stereocenters. The highest BCUT2D eigenvalue weighted by molar-refractivity contribution is 5.59. The van der Waals surface area contributed by atoms with Crippen LogP contribution in [0.25, 0.3) is 17.1 Å². The first-order valence-electron chi connectivity index (χ1n) is 8.21. The number of halogens is 4. The number of aromatic nitrogens is 3. The van der Waals surface area contributed by atoms with Crippen LogP contribution < -0.4 is 0 Å². The number of hydrogen-bond donors (Lipinski definition) is 0. The lowest BCUT2D eigenvalue weighted by molar-refractivity contribution is 0.146. The zero-order valence-corrected chi connectivity index (χ0v) is 14.3. The fourth-order valence-corrected chi connectivity index (χ4v) is 2.51. The van der Waals surface area contributed by atoms with E-state index >= 15 is 0 Å². The van der Waals surface area contributed by atoms with Gasteiger partial charge in [0.2, 0.25) is 0 Å². The number of rotatable bonds is 5. The SMILES string of the molecule is CCC(C)c1nc(-c2ccc(C(F)F)c(F)c2)n(-c2ccc(F)cc2)n1. The first kappa shape index (κ1) is 18.1. The molecular weight excluding hydrogens is 346 g/mol. The predicted molar refractivity (Wildman–Crippen MR) is 90.4 cm³/mol. The van der Waals surface area contributed by atoms with Gasteiger partial charge in [-0.2, -0.15) is 5.10 Å². The van der Waals surface area contributed by atoms with E-state index in [1.54, 1.807) is 0 Å². The maximum absolute atomic E-state index is 14.0. The summed E-state index contributed by atoms with van der Waals surface area (Å²) in [6, 6.07) is 9.06. The summed E-state index contributed by atoms with van der Waals surface area (Å²) in [7, 11) is 0. The van der Waals surface area contributed by atoms with Gasteiger partial charge in [0.05, 0.1) is 11.3 Å². The Morgan fingerprint density at radius 1 is 1.04 bits per heavy atom. The molecule has 0 fully saturated rings. The Labute approximate surface area is 148 Å². The highest BCUT2D eigenvalue weighted by atomic mass is 19.3. The fourth-order valence-electron chi connectivity index (χ4n) is 2.51. The van der Waals surface area contributed by atoms with E-state index in [0.29, 0.717) is 22.9 Å². The Hall–Kier alpha value is -2.70. The lowest BCUT2D eigenvalue weighted by Crippen LogP contribution is -2.01. The van der Waals surface area contributed by atoms with Gasteiger partial charge in [-0.25, -0.2) is 27.2 Å².